The van der Waals surface area contributed by atoms with Gasteiger partial charge in [-0.3, -0.25) is 4.79 Å². The van der Waals surface area contributed by atoms with Gasteiger partial charge in [-0.05, 0) is 18.2 Å². The summed E-state index contributed by atoms with van der Waals surface area (Å²) in [6.45, 7) is 0. The van der Waals surface area contributed by atoms with Crippen LogP contribution in [0, 0.1) is 5.82 Å². The lowest BCUT2D eigenvalue weighted by molar-refractivity contribution is 0.411. The number of hydrogen-bond acceptors (Lipinski definition) is 3. The summed E-state index contributed by atoms with van der Waals surface area (Å²) in [5.74, 6) is -0.131. The largest absolute Gasteiger partial charge is 0.493 e. The van der Waals surface area contributed by atoms with Crippen molar-refractivity contribution >= 4 is 33.5 Å². The molecular weight excluding hydrogens is 271 g/mol. The normalized spacial score (nSPS) is 11.1. The lowest BCUT2D eigenvalue weighted by Gasteiger charge is -2.06. The van der Waals surface area contributed by atoms with Gasteiger partial charge >= 0.3 is 0 Å². The van der Waals surface area contributed by atoms with E-state index in [9.17, 15) is 9.18 Å². The predicted octanol–water partition coefficient (Wildman–Crippen LogP) is 3.75. The van der Waals surface area contributed by atoms with E-state index in [1.807, 2.05) is 0 Å². The van der Waals surface area contributed by atoms with Crippen LogP contribution < -0.4 is 10.2 Å². The topological polar surface area (TPSA) is 39.4 Å². The summed E-state index contributed by atoms with van der Waals surface area (Å²) in [7, 11) is 1.45. The molecule has 0 N–H and O–H groups in total. The molecule has 3 nitrogen and oxygen atoms in total. The van der Waals surface area contributed by atoms with E-state index in [2.05, 4.69) is 0 Å². The Morgan fingerprint density at radius 1 is 1.21 bits per heavy atom. The third kappa shape index (κ3) is 1.85. The number of ether oxygens (including phenoxy) is 1. The minimum absolute atomic E-state index is 0.179. The summed E-state index contributed by atoms with van der Waals surface area (Å²) in [4.78, 5) is 12.3. The Labute approximate surface area is 112 Å². The van der Waals surface area contributed by atoms with Crippen LogP contribution in [0.15, 0.2) is 39.5 Å². The Morgan fingerprint density at radius 3 is 2.74 bits per heavy atom. The number of hydrogen-bond donors (Lipinski definition) is 0. The molecule has 0 aliphatic rings. The van der Waals surface area contributed by atoms with Crippen LogP contribution in [-0.4, -0.2) is 7.11 Å². The van der Waals surface area contributed by atoms with Gasteiger partial charge in [0.2, 0.25) is 5.43 Å². The molecule has 0 spiro atoms. The van der Waals surface area contributed by atoms with E-state index in [4.69, 9.17) is 20.8 Å². The van der Waals surface area contributed by atoms with Gasteiger partial charge in [0.1, 0.15) is 11.4 Å². The van der Waals surface area contributed by atoms with Crippen molar-refractivity contribution < 1.29 is 13.5 Å². The highest BCUT2D eigenvalue weighted by molar-refractivity contribution is 6.31. The highest BCUT2D eigenvalue weighted by atomic mass is 35.5. The van der Waals surface area contributed by atoms with Crippen LogP contribution in [0.5, 0.6) is 5.75 Å². The fraction of sp³-hybridized carbons (Fsp3) is 0.0714. The van der Waals surface area contributed by atoms with Crippen LogP contribution in [0.4, 0.5) is 4.39 Å². The summed E-state index contributed by atoms with van der Waals surface area (Å²) in [5.41, 5.74) is 0.171. The molecule has 1 aromatic heterocycles. The van der Waals surface area contributed by atoms with Crippen LogP contribution >= 0.6 is 11.6 Å². The van der Waals surface area contributed by atoms with E-state index < -0.39 is 5.82 Å². The van der Waals surface area contributed by atoms with Crippen molar-refractivity contribution in [1.29, 1.82) is 0 Å². The maximum absolute atomic E-state index is 13.2. The van der Waals surface area contributed by atoms with Crippen LogP contribution in [0.2, 0.25) is 5.02 Å². The molecule has 1 heterocycles. The van der Waals surface area contributed by atoms with Crippen LogP contribution in [-0.2, 0) is 0 Å². The average molecular weight is 279 g/mol. The minimum atomic E-state index is -0.470. The molecule has 2 aromatic carbocycles. The number of benzene rings is 2. The molecule has 0 fully saturated rings. The second kappa shape index (κ2) is 4.24. The van der Waals surface area contributed by atoms with E-state index in [1.165, 1.54) is 37.4 Å². The molecule has 0 radical (unpaired) electrons. The van der Waals surface area contributed by atoms with Gasteiger partial charge < -0.3 is 9.15 Å². The fourth-order valence-corrected chi connectivity index (χ4v) is 2.23. The maximum Gasteiger partial charge on any atom is 0.200 e. The first-order valence-corrected chi connectivity index (χ1v) is 5.87. The predicted molar refractivity (Wildman–Crippen MR) is 71.5 cm³/mol. The minimum Gasteiger partial charge on any atom is -0.493 e. The van der Waals surface area contributed by atoms with Crippen molar-refractivity contribution in [3.8, 4) is 5.75 Å². The smallest absolute Gasteiger partial charge is 0.200 e. The molecular formula is C14H8ClFO3. The van der Waals surface area contributed by atoms with Crippen molar-refractivity contribution in [2.45, 2.75) is 0 Å². The van der Waals surface area contributed by atoms with E-state index in [0.29, 0.717) is 21.5 Å². The van der Waals surface area contributed by atoms with Crippen LogP contribution in [0.3, 0.4) is 0 Å². The summed E-state index contributed by atoms with van der Waals surface area (Å²) >= 11 is 5.93. The van der Waals surface area contributed by atoms with E-state index in [1.54, 1.807) is 0 Å². The van der Waals surface area contributed by atoms with Gasteiger partial charge in [-0.2, -0.15) is 0 Å². The van der Waals surface area contributed by atoms with E-state index >= 15 is 0 Å². The number of methoxy groups -OCH3 is 1. The highest BCUT2D eigenvalue weighted by Crippen LogP contribution is 2.30. The second-order valence-corrected chi connectivity index (χ2v) is 4.49. The van der Waals surface area contributed by atoms with E-state index in [0.717, 1.165) is 0 Å². The third-order valence-corrected chi connectivity index (χ3v) is 3.10. The lowest BCUT2D eigenvalue weighted by Crippen LogP contribution is -2.03. The molecule has 3 aromatic rings. The molecule has 3 rings (SSSR count). The van der Waals surface area contributed by atoms with Gasteiger partial charge in [-0.15, -0.1) is 0 Å². The van der Waals surface area contributed by atoms with Gasteiger partial charge in [0.05, 0.1) is 17.9 Å². The number of halogens is 2. The first-order chi connectivity index (χ1) is 9.10. The van der Waals surface area contributed by atoms with Gasteiger partial charge in [-0.25, -0.2) is 4.39 Å². The van der Waals surface area contributed by atoms with Gasteiger partial charge in [0, 0.05) is 17.2 Å². The van der Waals surface area contributed by atoms with Crippen molar-refractivity contribution in [2.24, 2.45) is 0 Å². The first-order valence-electron chi connectivity index (χ1n) is 5.50. The number of rotatable bonds is 1. The van der Waals surface area contributed by atoms with Crippen molar-refractivity contribution in [2.75, 3.05) is 7.11 Å². The Balaban J connectivity index is 2.57. The average Bonchev–Trinajstić information content (AvgIpc) is 2.39. The monoisotopic (exact) mass is 278 g/mol. The maximum atomic E-state index is 13.2. The Morgan fingerprint density at radius 2 is 2.00 bits per heavy atom. The van der Waals surface area contributed by atoms with Crippen LogP contribution in [0.1, 0.15) is 0 Å². The van der Waals surface area contributed by atoms with Gasteiger partial charge in [0.15, 0.2) is 11.3 Å². The molecule has 0 saturated heterocycles. The van der Waals surface area contributed by atoms with Crippen LogP contribution in [0.25, 0.3) is 21.9 Å². The zero-order chi connectivity index (χ0) is 13.6. The molecule has 0 bridgehead atoms. The zero-order valence-corrected chi connectivity index (χ0v) is 10.6. The molecule has 0 aliphatic carbocycles. The van der Waals surface area contributed by atoms with Gasteiger partial charge in [-0.1, -0.05) is 11.6 Å². The fourth-order valence-electron chi connectivity index (χ4n) is 2.02. The molecule has 0 amide bonds. The summed E-state index contributed by atoms with van der Waals surface area (Å²) in [6, 6.07) is 6.83. The SMILES string of the molecule is COc1cc(Cl)cc2c(=O)c3ccc(F)cc3oc12. The molecule has 19 heavy (non-hydrogen) atoms. The molecule has 0 aliphatic heterocycles. The molecule has 96 valence electrons. The Bertz CT molecular complexity index is 855. The third-order valence-electron chi connectivity index (χ3n) is 2.88. The van der Waals surface area contributed by atoms with Crippen molar-refractivity contribution in [1.82, 2.24) is 0 Å². The highest BCUT2D eigenvalue weighted by Gasteiger charge is 2.13. The summed E-state index contributed by atoms with van der Waals surface area (Å²) in [6.07, 6.45) is 0. The van der Waals surface area contributed by atoms with E-state index in [-0.39, 0.29) is 16.6 Å². The van der Waals surface area contributed by atoms with Gasteiger partial charge in [0.25, 0.3) is 0 Å². The number of fused-ring (bicyclic) bond motifs is 2. The quantitative estimate of drug-likeness (QED) is 0.637. The first kappa shape index (κ1) is 12.0. The Hall–Kier alpha value is -2.07. The van der Waals surface area contributed by atoms with Crippen molar-refractivity contribution in [3.63, 3.8) is 0 Å². The lowest BCUT2D eigenvalue weighted by atomic mass is 10.1. The Kier molecular flexibility index (Phi) is 2.68. The molecule has 5 heteroatoms. The summed E-state index contributed by atoms with van der Waals surface area (Å²) < 4.78 is 23.9. The summed E-state index contributed by atoms with van der Waals surface area (Å²) in [5, 5.41) is 0.986. The molecule has 0 unspecified atom stereocenters. The molecule has 0 saturated carbocycles. The standard InChI is InChI=1S/C14H8ClFO3/c1-18-12-5-7(15)4-10-13(17)9-3-2-8(16)6-11(9)19-14(10)12/h2-6H,1H3. The molecule has 0 atom stereocenters. The van der Waals surface area contributed by atoms with Crippen molar-refractivity contribution in [3.05, 3.63) is 51.4 Å². The zero-order valence-electron chi connectivity index (χ0n) is 9.87. The second-order valence-electron chi connectivity index (χ2n) is 4.06.